The van der Waals surface area contributed by atoms with E-state index in [4.69, 9.17) is 14.5 Å². The highest BCUT2D eigenvalue weighted by Gasteiger charge is 2.30. The summed E-state index contributed by atoms with van der Waals surface area (Å²) in [6, 6.07) is 23.4. The number of hydrogen-bond donors (Lipinski definition) is 1. The van der Waals surface area contributed by atoms with Crippen molar-refractivity contribution in [3.8, 4) is 11.4 Å². The fourth-order valence-corrected chi connectivity index (χ4v) is 4.05. The Morgan fingerprint density at radius 3 is 2.51 bits per heavy atom. The van der Waals surface area contributed by atoms with Crippen LogP contribution in [0.2, 0.25) is 0 Å². The molecule has 1 aromatic heterocycles. The average molecular weight is 468 g/mol. The van der Waals surface area contributed by atoms with Gasteiger partial charge in [0.15, 0.2) is 12.0 Å². The van der Waals surface area contributed by atoms with Gasteiger partial charge in [0, 0.05) is 11.1 Å². The molecule has 1 aliphatic rings. The van der Waals surface area contributed by atoms with E-state index in [1.807, 2.05) is 91.2 Å². The van der Waals surface area contributed by atoms with Crippen LogP contribution in [0.25, 0.3) is 5.69 Å². The third-order valence-corrected chi connectivity index (χ3v) is 5.84. The largest absolute Gasteiger partial charge is 0.497 e. The first-order valence-electron chi connectivity index (χ1n) is 11.3. The molecule has 0 spiro atoms. The Morgan fingerprint density at radius 1 is 1.00 bits per heavy atom. The molecule has 0 saturated heterocycles. The zero-order valence-electron chi connectivity index (χ0n) is 19.7. The van der Waals surface area contributed by atoms with Crippen LogP contribution in [-0.2, 0) is 11.3 Å². The highest BCUT2D eigenvalue weighted by molar-refractivity contribution is 6.15. The standard InChI is InChI=1S/C27H25N5O3/c1-17-9-11-20(12-10-17)24-22-15-21(34-3)13-14-23(22)32-18(2)30-31-26(32)25(28-24)29-27(33)35-16-19-7-5-4-6-8-19/h4-15,25H,16H2,1-3H3,(H,29,33)/t25-/m0/s1. The monoisotopic (exact) mass is 467 g/mol. The Hall–Kier alpha value is -4.46. The normalized spacial score (nSPS) is 14.3. The summed E-state index contributed by atoms with van der Waals surface area (Å²) in [5.41, 5.74) is 5.35. The smallest absolute Gasteiger partial charge is 0.409 e. The number of alkyl carbamates (subject to hydrolysis) is 1. The maximum Gasteiger partial charge on any atom is 0.409 e. The minimum atomic E-state index is -0.811. The molecule has 0 bridgehead atoms. The van der Waals surface area contributed by atoms with Gasteiger partial charge in [0.05, 0.1) is 18.5 Å². The number of amides is 1. The lowest BCUT2D eigenvalue weighted by Crippen LogP contribution is -2.30. The van der Waals surface area contributed by atoms with Crippen LogP contribution in [0.1, 0.15) is 40.1 Å². The number of fused-ring (bicyclic) bond motifs is 3. The van der Waals surface area contributed by atoms with Gasteiger partial charge in [0.2, 0.25) is 0 Å². The molecule has 1 aliphatic heterocycles. The number of ether oxygens (including phenoxy) is 2. The molecule has 1 amide bonds. The summed E-state index contributed by atoms with van der Waals surface area (Å²) in [6.07, 6.45) is -1.41. The summed E-state index contributed by atoms with van der Waals surface area (Å²) < 4.78 is 12.9. The number of nitrogens with zero attached hydrogens (tertiary/aromatic N) is 4. The van der Waals surface area contributed by atoms with E-state index in [9.17, 15) is 4.79 Å². The second kappa shape index (κ2) is 9.42. The van der Waals surface area contributed by atoms with Crippen LogP contribution in [0.4, 0.5) is 4.79 Å². The Morgan fingerprint density at radius 2 is 1.77 bits per heavy atom. The summed E-state index contributed by atoms with van der Waals surface area (Å²) in [7, 11) is 1.63. The molecule has 176 valence electrons. The van der Waals surface area contributed by atoms with E-state index in [0.717, 1.165) is 27.9 Å². The van der Waals surface area contributed by atoms with Gasteiger partial charge in [-0.3, -0.25) is 14.9 Å². The highest BCUT2D eigenvalue weighted by atomic mass is 16.5. The molecule has 8 nitrogen and oxygen atoms in total. The fourth-order valence-electron chi connectivity index (χ4n) is 4.05. The summed E-state index contributed by atoms with van der Waals surface area (Å²) in [4.78, 5) is 17.8. The predicted octanol–water partition coefficient (Wildman–Crippen LogP) is 4.67. The van der Waals surface area contributed by atoms with Crippen molar-refractivity contribution in [1.82, 2.24) is 20.1 Å². The molecule has 0 aliphatic carbocycles. The van der Waals surface area contributed by atoms with Gasteiger partial charge in [-0.05, 0) is 37.6 Å². The summed E-state index contributed by atoms with van der Waals surface area (Å²) >= 11 is 0. The van der Waals surface area contributed by atoms with Gasteiger partial charge in [-0.2, -0.15) is 0 Å². The predicted molar refractivity (Wildman–Crippen MR) is 132 cm³/mol. The molecule has 3 aromatic carbocycles. The van der Waals surface area contributed by atoms with Crippen molar-refractivity contribution in [2.45, 2.75) is 26.6 Å². The molecule has 8 heteroatoms. The maximum absolute atomic E-state index is 12.8. The number of carbonyl (C=O) groups excluding carboxylic acids is 1. The molecular weight excluding hydrogens is 442 g/mol. The second-order valence-electron chi connectivity index (χ2n) is 8.28. The third kappa shape index (κ3) is 4.50. The van der Waals surface area contributed by atoms with Crippen LogP contribution in [-0.4, -0.2) is 33.7 Å². The first kappa shape index (κ1) is 22.3. The first-order chi connectivity index (χ1) is 17.0. The number of rotatable bonds is 5. The molecular formula is C27H25N5O3. The number of nitrogens with one attached hydrogen (secondary N) is 1. The van der Waals surface area contributed by atoms with Gasteiger partial charge < -0.3 is 9.47 Å². The van der Waals surface area contributed by atoms with Gasteiger partial charge in [-0.15, -0.1) is 10.2 Å². The fraction of sp³-hybridized carbons (Fsp3) is 0.185. The number of hydrogen-bond acceptors (Lipinski definition) is 6. The molecule has 0 unspecified atom stereocenters. The third-order valence-electron chi connectivity index (χ3n) is 5.84. The van der Waals surface area contributed by atoms with Gasteiger partial charge in [-0.25, -0.2) is 4.79 Å². The Balaban J connectivity index is 1.57. The van der Waals surface area contributed by atoms with E-state index in [0.29, 0.717) is 23.1 Å². The van der Waals surface area contributed by atoms with E-state index in [-0.39, 0.29) is 6.61 Å². The molecule has 0 saturated carbocycles. The average Bonchev–Trinajstić information content (AvgIpc) is 3.21. The maximum atomic E-state index is 12.8. The van der Waals surface area contributed by atoms with Crippen LogP contribution in [0.5, 0.6) is 5.75 Å². The molecule has 0 fully saturated rings. The van der Waals surface area contributed by atoms with E-state index < -0.39 is 12.3 Å². The lowest BCUT2D eigenvalue weighted by molar-refractivity contribution is 0.135. The van der Waals surface area contributed by atoms with Crippen LogP contribution in [0, 0.1) is 13.8 Å². The minimum Gasteiger partial charge on any atom is -0.497 e. The Bertz CT molecular complexity index is 1390. The molecule has 2 heterocycles. The van der Waals surface area contributed by atoms with Crippen molar-refractivity contribution in [3.63, 3.8) is 0 Å². The number of methoxy groups -OCH3 is 1. The van der Waals surface area contributed by atoms with Crippen LogP contribution >= 0.6 is 0 Å². The Labute approximate surface area is 203 Å². The number of benzene rings is 3. The number of aryl methyl sites for hydroxylation is 2. The van der Waals surface area contributed by atoms with E-state index in [2.05, 4.69) is 15.5 Å². The molecule has 0 radical (unpaired) electrons. The minimum absolute atomic E-state index is 0.150. The SMILES string of the molecule is COc1ccc2c(c1)C(c1ccc(C)cc1)=N[C@@H](NC(=O)OCc1ccccc1)c1nnc(C)n1-2. The molecule has 1 atom stereocenters. The van der Waals surface area contributed by atoms with E-state index in [1.54, 1.807) is 7.11 Å². The van der Waals surface area contributed by atoms with Crippen molar-refractivity contribution in [1.29, 1.82) is 0 Å². The molecule has 5 rings (SSSR count). The number of aliphatic imine (C=N–C) groups is 1. The quantitative estimate of drug-likeness (QED) is 0.461. The second-order valence-corrected chi connectivity index (χ2v) is 8.28. The van der Waals surface area contributed by atoms with Crippen molar-refractivity contribution in [3.05, 3.63) is 107 Å². The van der Waals surface area contributed by atoms with E-state index >= 15 is 0 Å². The lowest BCUT2D eigenvalue weighted by atomic mass is 9.99. The topological polar surface area (TPSA) is 90.6 Å². The summed E-state index contributed by atoms with van der Waals surface area (Å²) in [6.45, 7) is 4.05. The van der Waals surface area contributed by atoms with Gasteiger partial charge >= 0.3 is 6.09 Å². The lowest BCUT2D eigenvalue weighted by Gasteiger charge is -2.14. The van der Waals surface area contributed by atoms with E-state index in [1.165, 1.54) is 0 Å². The Kier molecular flexibility index (Phi) is 6.01. The van der Waals surface area contributed by atoms with Crippen molar-refractivity contribution in [2.24, 2.45) is 4.99 Å². The van der Waals surface area contributed by atoms with Crippen LogP contribution in [0.15, 0.2) is 77.8 Å². The molecule has 1 N–H and O–H groups in total. The zero-order valence-corrected chi connectivity index (χ0v) is 19.7. The highest BCUT2D eigenvalue weighted by Crippen LogP contribution is 2.32. The summed E-state index contributed by atoms with van der Waals surface area (Å²) in [5, 5.41) is 11.5. The van der Waals surface area contributed by atoms with Crippen molar-refractivity contribution >= 4 is 11.8 Å². The van der Waals surface area contributed by atoms with Crippen LogP contribution < -0.4 is 10.1 Å². The van der Waals surface area contributed by atoms with Gasteiger partial charge in [0.1, 0.15) is 18.2 Å². The zero-order chi connectivity index (χ0) is 24.4. The van der Waals surface area contributed by atoms with Gasteiger partial charge in [-0.1, -0.05) is 60.2 Å². The van der Waals surface area contributed by atoms with Gasteiger partial charge in [0.25, 0.3) is 0 Å². The molecule has 4 aromatic rings. The molecule has 35 heavy (non-hydrogen) atoms. The van der Waals surface area contributed by atoms with Crippen LogP contribution in [0.3, 0.4) is 0 Å². The van der Waals surface area contributed by atoms with Crippen molar-refractivity contribution < 1.29 is 14.3 Å². The first-order valence-corrected chi connectivity index (χ1v) is 11.3. The number of aromatic nitrogens is 3. The summed E-state index contributed by atoms with van der Waals surface area (Å²) in [5.74, 6) is 1.87. The number of carbonyl (C=O) groups is 1. The van der Waals surface area contributed by atoms with Crippen molar-refractivity contribution in [2.75, 3.05) is 7.11 Å².